The summed E-state index contributed by atoms with van der Waals surface area (Å²) in [5.74, 6) is -0.686. The first-order valence-corrected chi connectivity index (χ1v) is 4.50. The summed E-state index contributed by atoms with van der Waals surface area (Å²) in [6, 6.07) is 0. The van der Waals surface area contributed by atoms with Gasteiger partial charge in [-0.3, -0.25) is 5.41 Å². The minimum absolute atomic E-state index is 0.122. The monoisotopic (exact) mass is 221 g/mol. The third-order valence-corrected chi connectivity index (χ3v) is 1.98. The fourth-order valence-electron chi connectivity index (χ4n) is 0.633. The number of hydrogen-bond donors (Lipinski definition) is 1. The average Bonchev–Trinajstić information content (AvgIpc) is 2.15. The van der Waals surface area contributed by atoms with Crippen molar-refractivity contribution in [2.24, 2.45) is 0 Å². The molecule has 0 heterocycles. The van der Waals surface area contributed by atoms with Crippen molar-refractivity contribution in [1.82, 2.24) is 0 Å². The molecule has 13 heavy (non-hydrogen) atoms. The fourth-order valence-corrected chi connectivity index (χ4v) is 0.992. The van der Waals surface area contributed by atoms with Gasteiger partial charge in [0.1, 0.15) is 10.9 Å². The lowest BCUT2D eigenvalue weighted by atomic mass is 10.1. The van der Waals surface area contributed by atoms with Crippen LogP contribution in [0.4, 0.5) is 4.39 Å². The summed E-state index contributed by atoms with van der Waals surface area (Å²) >= 11 is 10.9. The van der Waals surface area contributed by atoms with Crippen LogP contribution in [-0.4, -0.2) is 5.71 Å². The standard InChI is InChI=1S/C7H4Cl2FN.C2H6/c1-3-4(8)2-5(10)6(9)7(3)11;1-2/h2,11H,1H2;1-2H3. The van der Waals surface area contributed by atoms with Gasteiger partial charge in [-0.15, -0.1) is 0 Å². The van der Waals surface area contributed by atoms with E-state index in [4.69, 9.17) is 28.6 Å². The second-order valence-electron chi connectivity index (χ2n) is 2.01. The van der Waals surface area contributed by atoms with Gasteiger partial charge in [-0.05, 0) is 6.08 Å². The van der Waals surface area contributed by atoms with E-state index in [1.807, 2.05) is 13.8 Å². The summed E-state index contributed by atoms with van der Waals surface area (Å²) in [5.41, 5.74) is 0.0923. The van der Waals surface area contributed by atoms with Crippen LogP contribution in [0.5, 0.6) is 0 Å². The first-order valence-electron chi connectivity index (χ1n) is 3.75. The van der Waals surface area contributed by atoms with Gasteiger partial charge in [-0.2, -0.15) is 0 Å². The van der Waals surface area contributed by atoms with E-state index in [2.05, 4.69) is 6.58 Å². The quantitative estimate of drug-likeness (QED) is 0.636. The largest absolute Gasteiger partial charge is 0.299 e. The maximum Gasteiger partial charge on any atom is 0.145 e. The molecule has 1 aliphatic rings. The Labute approximate surface area is 87.0 Å². The number of nitrogens with one attached hydrogen (secondary N) is 1. The summed E-state index contributed by atoms with van der Waals surface area (Å²) in [6.45, 7) is 7.45. The van der Waals surface area contributed by atoms with Crippen molar-refractivity contribution in [3.05, 3.63) is 34.1 Å². The molecule has 72 valence electrons. The molecule has 0 bridgehead atoms. The van der Waals surface area contributed by atoms with Gasteiger partial charge < -0.3 is 0 Å². The number of halogens is 3. The van der Waals surface area contributed by atoms with Crippen molar-refractivity contribution in [1.29, 1.82) is 5.41 Å². The van der Waals surface area contributed by atoms with Crippen molar-refractivity contribution < 1.29 is 4.39 Å². The Morgan fingerprint density at radius 3 is 2.31 bits per heavy atom. The third kappa shape index (κ3) is 2.68. The molecule has 0 saturated carbocycles. The molecule has 0 aliphatic heterocycles. The average molecular weight is 222 g/mol. The lowest BCUT2D eigenvalue weighted by Crippen LogP contribution is -2.06. The molecule has 1 N–H and O–H groups in total. The Hall–Kier alpha value is -0.600. The number of rotatable bonds is 0. The Morgan fingerprint density at radius 2 is 1.85 bits per heavy atom. The van der Waals surface area contributed by atoms with Crippen LogP contribution in [0.3, 0.4) is 0 Å². The van der Waals surface area contributed by atoms with E-state index >= 15 is 0 Å². The molecule has 1 nitrogen and oxygen atoms in total. The van der Waals surface area contributed by atoms with E-state index in [1.54, 1.807) is 0 Å². The molecule has 1 aliphatic carbocycles. The lowest BCUT2D eigenvalue weighted by Gasteiger charge is -2.10. The number of hydrogen-bond acceptors (Lipinski definition) is 1. The SMILES string of the molecule is C=C1C(=N)C(Cl)=C(F)C=C1Cl.CC. The van der Waals surface area contributed by atoms with E-state index in [0.717, 1.165) is 6.08 Å². The van der Waals surface area contributed by atoms with Crippen molar-refractivity contribution >= 4 is 28.9 Å². The van der Waals surface area contributed by atoms with Crippen LogP contribution in [0, 0.1) is 5.41 Å². The molecule has 0 radical (unpaired) electrons. The summed E-state index contributed by atoms with van der Waals surface area (Å²) in [7, 11) is 0. The normalized spacial score (nSPS) is 16.5. The molecule has 0 saturated heterocycles. The molecule has 0 fully saturated rings. The molecule has 0 aromatic carbocycles. The van der Waals surface area contributed by atoms with Crippen molar-refractivity contribution in [3.63, 3.8) is 0 Å². The third-order valence-electron chi connectivity index (χ3n) is 1.27. The van der Waals surface area contributed by atoms with E-state index in [9.17, 15) is 4.39 Å². The van der Waals surface area contributed by atoms with Gasteiger partial charge in [0.05, 0.1) is 10.7 Å². The maximum atomic E-state index is 12.7. The summed E-state index contributed by atoms with van der Waals surface area (Å²) < 4.78 is 12.7. The topological polar surface area (TPSA) is 23.9 Å². The maximum absolute atomic E-state index is 12.7. The second-order valence-corrected chi connectivity index (χ2v) is 2.79. The first kappa shape index (κ1) is 12.4. The highest BCUT2D eigenvalue weighted by molar-refractivity contribution is 6.50. The highest BCUT2D eigenvalue weighted by Gasteiger charge is 2.19. The Kier molecular flexibility index (Phi) is 4.96. The molecule has 0 aromatic rings. The smallest absolute Gasteiger partial charge is 0.145 e. The molecule has 4 heteroatoms. The molecule has 0 atom stereocenters. The predicted octanol–water partition coefficient (Wildman–Crippen LogP) is 4.14. The van der Waals surface area contributed by atoms with Gasteiger partial charge in [0.25, 0.3) is 0 Å². The molecule has 0 aromatic heterocycles. The Balaban J connectivity index is 0.000000671. The van der Waals surface area contributed by atoms with Gasteiger partial charge in [-0.25, -0.2) is 4.39 Å². The van der Waals surface area contributed by atoms with Crippen LogP contribution in [0.25, 0.3) is 0 Å². The second kappa shape index (κ2) is 5.20. The van der Waals surface area contributed by atoms with Crippen molar-refractivity contribution in [2.45, 2.75) is 13.8 Å². The molecule has 0 unspecified atom stereocenters. The zero-order chi connectivity index (χ0) is 10.6. The van der Waals surface area contributed by atoms with Crippen LogP contribution in [-0.2, 0) is 0 Å². The molecule has 1 rings (SSSR count). The van der Waals surface area contributed by atoms with Gasteiger partial charge in [0, 0.05) is 5.57 Å². The molecule has 0 spiro atoms. The molecule has 0 amide bonds. The molecular formula is C9H10Cl2FN. The van der Waals surface area contributed by atoms with Gasteiger partial charge in [0.15, 0.2) is 0 Å². The van der Waals surface area contributed by atoms with E-state index in [1.165, 1.54) is 0 Å². The van der Waals surface area contributed by atoms with E-state index in [0.29, 0.717) is 0 Å². The van der Waals surface area contributed by atoms with Crippen LogP contribution in [0.15, 0.2) is 34.1 Å². The van der Waals surface area contributed by atoms with E-state index in [-0.39, 0.29) is 21.3 Å². The zero-order valence-electron chi connectivity index (χ0n) is 7.42. The van der Waals surface area contributed by atoms with E-state index < -0.39 is 5.83 Å². The predicted molar refractivity (Wildman–Crippen MR) is 56.1 cm³/mol. The summed E-state index contributed by atoms with van der Waals surface area (Å²) in [6.07, 6.45) is 1.05. The lowest BCUT2D eigenvalue weighted by molar-refractivity contribution is 0.664. The molecular weight excluding hydrogens is 212 g/mol. The van der Waals surface area contributed by atoms with Gasteiger partial charge >= 0.3 is 0 Å². The Bertz CT molecular complexity index is 299. The zero-order valence-corrected chi connectivity index (χ0v) is 8.93. The van der Waals surface area contributed by atoms with Crippen LogP contribution in [0.1, 0.15) is 13.8 Å². The van der Waals surface area contributed by atoms with Crippen LogP contribution >= 0.6 is 23.2 Å². The summed E-state index contributed by atoms with van der Waals surface area (Å²) in [5, 5.41) is 7.09. The Morgan fingerprint density at radius 1 is 1.38 bits per heavy atom. The van der Waals surface area contributed by atoms with Crippen LogP contribution < -0.4 is 0 Å². The first-order chi connectivity index (χ1) is 6.04. The highest BCUT2D eigenvalue weighted by atomic mass is 35.5. The van der Waals surface area contributed by atoms with Gasteiger partial charge in [-0.1, -0.05) is 43.6 Å². The van der Waals surface area contributed by atoms with Crippen molar-refractivity contribution in [2.75, 3.05) is 0 Å². The highest BCUT2D eigenvalue weighted by Crippen LogP contribution is 2.29. The minimum atomic E-state index is -0.686. The number of allylic oxidation sites excluding steroid dienone is 5. The minimum Gasteiger partial charge on any atom is -0.299 e. The van der Waals surface area contributed by atoms with Gasteiger partial charge in [0.2, 0.25) is 0 Å². The fraction of sp³-hybridized carbons (Fsp3) is 0.222. The van der Waals surface area contributed by atoms with Crippen molar-refractivity contribution in [3.8, 4) is 0 Å². The summed E-state index contributed by atoms with van der Waals surface area (Å²) in [4.78, 5) is 0. The van der Waals surface area contributed by atoms with Crippen LogP contribution in [0.2, 0.25) is 0 Å².